The van der Waals surface area contributed by atoms with Crippen LogP contribution in [0.25, 0.3) is 0 Å². The number of rotatable bonds is 2. The summed E-state index contributed by atoms with van der Waals surface area (Å²) in [4.78, 5) is 28.6. The zero-order valence-electron chi connectivity index (χ0n) is 14.5. The summed E-state index contributed by atoms with van der Waals surface area (Å²) >= 11 is 0. The maximum Gasteiger partial charge on any atom is 0.274 e. The third kappa shape index (κ3) is 3.30. The molecule has 0 bridgehead atoms. The van der Waals surface area contributed by atoms with Gasteiger partial charge in [0, 0.05) is 42.9 Å². The van der Waals surface area contributed by atoms with Crippen LogP contribution in [0.1, 0.15) is 32.1 Å². The second-order valence-electron chi connectivity index (χ2n) is 6.54. The lowest BCUT2D eigenvalue weighted by Gasteiger charge is -2.29. The molecule has 1 saturated heterocycles. The van der Waals surface area contributed by atoms with Gasteiger partial charge >= 0.3 is 0 Å². The van der Waals surface area contributed by atoms with Gasteiger partial charge in [-0.3, -0.25) is 14.7 Å². The Hall–Kier alpha value is -2.81. The van der Waals surface area contributed by atoms with Gasteiger partial charge < -0.3 is 14.5 Å². The Morgan fingerprint density at radius 3 is 2.56 bits per heavy atom. The van der Waals surface area contributed by atoms with Gasteiger partial charge in [-0.2, -0.15) is 5.10 Å². The van der Waals surface area contributed by atoms with Crippen LogP contribution in [0.2, 0.25) is 0 Å². The van der Waals surface area contributed by atoms with Crippen molar-refractivity contribution in [2.75, 3.05) is 32.8 Å². The first-order valence-electron chi connectivity index (χ1n) is 8.72. The maximum atomic E-state index is 13.5. The standard InChI is InChI=1S/C18H18F2N4O3/c19-13-2-1-11(9-14(13)20)17(25)24-4-3-15-12(10-24)16(22-21-15)18(26)23-5-7-27-8-6-23/h1-2,9H,3-8,10H2,(H,21,22). The van der Waals surface area contributed by atoms with Gasteiger partial charge in [-0.1, -0.05) is 0 Å². The van der Waals surface area contributed by atoms with Gasteiger partial charge in [-0.25, -0.2) is 8.78 Å². The summed E-state index contributed by atoms with van der Waals surface area (Å²) in [6, 6.07) is 3.08. The molecule has 0 spiro atoms. The quantitative estimate of drug-likeness (QED) is 0.859. The molecule has 0 radical (unpaired) electrons. The van der Waals surface area contributed by atoms with Crippen molar-refractivity contribution in [3.05, 3.63) is 52.3 Å². The fourth-order valence-corrected chi connectivity index (χ4v) is 3.37. The summed E-state index contributed by atoms with van der Waals surface area (Å²) in [6.07, 6.45) is 0.508. The van der Waals surface area contributed by atoms with E-state index >= 15 is 0 Å². The lowest BCUT2D eigenvalue weighted by molar-refractivity contribution is 0.0297. The topological polar surface area (TPSA) is 78.5 Å². The highest BCUT2D eigenvalue weighted by Crippen LogP contribution is 2.23. The normalized spacial score (nSPS) is 17.0. The van der Waals surface area contributed by atoms with Gasteiger partial charge in [0.05, 0.1) is 19.8 Å². The molecule has 2 aliphatic heterocycles. The fourth-order valence-electron chi connectivity index (χ4n) is 3.37. The summed E-state index contributed by atoms with van der Waals surface area (Å²) in [5.41, 5.74) is 1.87. The molecule has 2 aromatic rings. The smallest absolute Gasteiger partial charge is 0.274 e. The van der Waals surface area contributed by atoms with Gasteiger partial charge in [0.15, 0.2) is 17.3 Å². The van der Waals surface area contributed by atoms with Crippen LogP contribution in [0.5, 0.6) is 0 Å². The summed E-state index contributed by atoms with van der Waals surface area (Å²) in [5.74, 6) is -2.67. The van der Waals surface area contributed by atoms with E-state index in [1.54, 1.807) is 4.90 Å². The molecule has 0 atom stereocenters. The van der Waals surface area contributed by atoms with E-state index in [1.807, 2.05) is 0 Å². The van der Waals surface area contributed by atoms with Crippen molar-refractivity contribution in [2.45, 2.75) is 13.0 Å². The van der Waals surface area contributed by atoms with Crippen molar-refractivity contribution in [3.8, 4) is 0 Å². The number of fused-ring (bicyclic) bond motifs is 1. The van der Waals surface area contributed by atoms with Crippen molar-refractivity contribution in [1.82, 2.24) is 20.0 Å². The number of aromatic amines is 1. The number of aromatic nitrogens is 2. The molecule has 1 aromatic carbocycles. The number of nitrogens with one attached hydrogen (secondary N) is 1. The van der Waals surface area contributed by atoms with Crippen molar-refractivity contribution < 1.29 is 23.1 Å². The Balaban J connectivity index is 1.55. The Bertz CT molecular complexity index is 893. The van der Waals surface area contributed by atoms with Crippen molar-refractivity contribution in [1.29, 1.82) is 0 Å². The average Bonchev–Trinajstić information content (AvgIpc) is 3.12. The third-order valence-corrected chi connectivity index (χ3v) is 4.89. The Labute approximate surface area is 153 Å². The first-order valence-corrected chi connectivity index (χ1v) is 8.72. The number of morpholine rings is 1. The second kappa shape index (κ2) is 7.07. The molecule has 2 amide bonds. The number of hydrogen-bond acceptors (Lipinski definition) is 4. The second-order valence-corrected chi connectivity index (χ2v) is 6.54. The third-order valence-electron chi connectivity index (χ3n) is 4.89. The molecule has 142 valence electrons. The summed E-state index contributed by atoms with van der Waals surface area (Å²) in [5, 5.41) is 7.05. The van der Waals surface area contributed by atoms with Crippen LogP contribution in [0.4, 0.5) is 8.78 Å². The zero-order valence-corrected chi connectivity index (χ0v) is 14.5. The predicted octanol–water partition coefficient (Wildman–Crippen LogP) is 1.36. The van der Waals surface area contributed by atoms with E-state index in [2.05, 4.69) is 10.2 Å². The fraction of sp³-hybridized carbons (Fsp3) is 0.389. The molecule has 0 unspecified atom stereocenters. The van der Waals surface area contributed by atoms with Crippen LogP contribution < -0.4 is 0 Å². The molecular weight excluding hydrogens is 358 g/mol. The van der Waals surface area contributed by atoms with Crippen LogP contribution >= 0.6 is 0 Å². The largest absolute Gasteiger partial charge is 0.378 e. The van der Waals surface area contributed by atoms with Gasteiger partial charge in [0.1, 0.15) is 0 Å². The van der Waals surface area contributed by atoms with E-state index in [4.69, 9.17) is 4.74 Å². The van der Waals surface area contributed by atoms with E-state index in [0.717, 1.165) is 17.8 Å². The van der Waals surface area contributed by atoms with Crippen LogP contribution in [0.3, 0.4) is 0 Å². The van der Waals surface area contributed by atoms with Crippen LogP contribution in [-0.4, -0.2) is 64.7 Å². The van der Waals surface area contributed by atoms with Gasteiger partial charge in [-0.15, -0.1) is 0 Å². The highest BCUT2D eigenvalue weighted by Gasteiger charge is 2.31. The highest BCUT2D eigenvalue weighted by molar-refractivity contribution is 5.96. The lowest BCUT2D eigenvalue weighted by atomic mass is 10.0. The number of carbonyl (C=O) groups is 2. The number of halogens is 2. The van der Waals surface area contributed by atoms with E-state index in [9.17, 15) is 18.4 Å². The molecule has 4 rings (SSSR count). The summed E-state index contributed by atoms with van der Waals surface area (Å²) in [6.45, 7) is 2.56. The molecule has 0 saturated carbocycles. The van der Waals surface area contributed by atoms with Gasteiger partial charge in [0.25, 0.3) is 11.8 Å². The molecule has 7 nitrogen and oxygen atoms in total. The number of H-pyrrole nitrogens is 1. The number of hydrogen-bond donors (Lipinski definition) is 1. The molecule has 0 aliphatic carbocycles. The molecule has 1 N–H and O–H groups in total. The molecule has 27 heavy (non-hydrogen) atoms. The Morgan fingerprint density at radius 2 is 1.81 bits per heavy atom. The van der Waals surface area contributed by atoms with Crippen molar-refractivity contribution >= 4 is 11.8 Å². The SMILES string of the molecule is O=C(c1ccc(F)c(F)c1)N1CCc2[nH]nc(C(=O)N3CCOCC3)c2C1. The molecular formula is C18H18F2N4O3. The van der Waals surface area contributed by atoms with Crippen molar-refractivity contribution in [2.24, 2.45) is 0 Å². The average molecular weight is 376 g/mol. The molecule has 1 fully saturated rings. The zero-order chi connectivity index (χ0) is 19.0. The molecule has 1 aromatic heterocycles. The minimum absolute atomic E-state index is 0.0712. The molecule has 3 heterocycles. The lowest BCUT2D eigenvalue weighted by Crippen LogP contribution is -2.42. The maximum absolute atomic E-state index is 13.5. The number of carbonyl (C=O) groups excluding carboxylic acids is 2. The molecule has 9 heteroatoms. The van der Waals surface area contributed by atoms with E-state index in [-0.39, 0.29) is 18.0 Å². The van der Waals surface area contributed by atoms with E-state index in [0.29, 0.717) is 50.5 Å². The Morgan fingerprint density at radius 1 is 1.04 bits per heavy atom. The number of nitrogens with zero attached hydrogens (tertiary/aromatic N) is 3. The number of amides is 2. The minimum atomic E-state index is -1.06. The summed E-state index contributed by atoms with van der Waals surface area (Å²) < 4.78 is 31.8. The van der Waals surface area contributed by atoms with Crippen LogP contribution in [0, 0.1) is 11.6 Å². The van der Waals surface area contributed by atoms with Gasteiger partial charge in [0.2, 0.25) is 0 Å². The highest BCUT2D eigenvalue weighted by atomic mass is 19.2. The minimum Gasteiger partial charge on any atom is -0.378 e. The Kier molecular flexibility index (Phi) is 4.61. The van der Waals surface area contributed by atoms with Crippen LogP contribution in [-0.2, 0) is 17.7 Å². The first kappa shape index (κ1) is 17.6. The predicted molar refractivity (Wildman–Crippen MR) is 90.1 cm³/mol. The first-order chi connectivity index (χ1) is 13.0. The van der Waals surface area contributed by atoms with Crippen molar-refractivity contribution in [3.63, 3.8) is 0 Å². The monoisotopic (exact) mass is 376 g/mol. The van der Waals surface area contributed by atoms with Crippen LogP contribution in [0.15, 0.2) is 18.2 Å². The molecule has 2 aliphatic rings. The summed E-state index contributed by atoms with van der Waals surface area (Å²) in [7, 11) is 0. The van der Waals surface area contributed by atoms with E-state index < -0.39 is 17.5 Å². The van der Waals surface area contributed by atoms with E-state index in [1.165, 1.54) is 11.0 Å². The number of ether oxygens (including phenoxy) is 1. The number of benzene rings is 1. The van der Waals surface area contributed by atoms with Gasteiger partial charge in [-0.05, 0) is 18.2 Å².